The van der Waals surface area contributed by atoms with Crippen LogP contribution in [0.3, 0.4) is 0 Å². The molecular formula is C17H16F3NO4. The predicted octanol–water partition coefficient (Wildman–Crippen LogP) is 2.93. The van der Waals surface area contributed by atoms with Gasteiger partial charge < -0.3 is 19.5 Å². The molecule has 2 aromatic carbocycles. The molecule has 0 aromatic heterocycles. The molecule has 0 atom stereocenters. The molecule has 0 heterocycles. The fourth-order valence-corrected chi connectivity index (χ4v) is 2.09. The van der Waals surface area contributed by atoms with Crippen molar-refractivity contribution >= 4 is 5.91 Å². The van der Waals surface area contributed by atoms with Gasteiger partial charge in [-0.15, -0.1) is 0 Å². The summed E-state index contributed by atoms with van der Waals surface area (Å²) in [6, 6.07) is 6.60. The number of halogens is 3. The highest BCUT2D eigenvalue weighted by atomic mass is 19.2. The van der Waals surface area contributed by atoms with E-state index in [1.165, 1.54) is 14.2 Å². The van der Waals surface area contributed by atoms with Gasteiger partial charge in [-0.05, 0) is 24.3 Å². The minimum absolute atomic E-state index is 0.0115. The molecule has 25 heavy (non-hydrogen) atoms. The van der Waals surface area contributed by atoms with Crippen molar-refractivity contribution in [1.29, 1.82) is 0 Å². The first kappa shape index (κ1) is 18.4. The number of hydrogen-bond donors (Lipinski definition) is 1. The number of para-hydroxylation sites is 1. The average molecular weight is 355 g/mol. The van der Waals surface area contributed by atoms with E-state index in [4.69, 9.17) is 14.2 Å². The van der Waals surface area contributed by atoms with Crippen molar-refractivity contribution in [3.63, 3.8) is 0 Å². The zero-order valence-electron chi connectivity index (χ0n) is 13.6. The van der Waals surface area contributed by atoms with Crippen LogP contribution in [0.4, 0.5) is 13.2 Å². The van der Waals surface area contributed by atoms with E-state index in [-0.39, 0.29) is 13.2 Å². The minimum atomic E-state index is -1.69. The van der Waals surface area contributed by atoms with Gasteiger partial charge in [0.25, 0.3) is 5.91 Å². The molecule has 0 saturated carbocycles. The lowest BCUT2D eigenvalue weighted by Crippen LogP contribution is -2.29. The Hall–Kier alpha value is -2.90. The largest absolute Gasteiger partial charge is 0.493 e. The number of methoxy groups -OCH3 is 2. The second-order valence-corrected chi connectivity index (χ2v) is 4.82. The lowest BCUT2D eigenvalue weighted by Gasteiger charge is -2.13. The Balaban J connectivity index is 1.94. The van der Waals surface area contributed by atoms with Crippen molar-refractivity contribution < 1.29 is 32.2 Å². The van der Waals surface area contributed by atoms with Crippen LogP contribution in [0.1, 0.15) is 10.4 Å². The average Bonchev–Trinajstić information content (AvgIpc) is 2.62. The lowest BCUT2D eigenvalue weighted by molar-refractivity contribution is 0.0941. The summed E-state index contributed by atoms with van der Waals surface area (Å²) in [5.41, 5.74) is -0.585. The number of carbonyl (C=O) groups excluding carboxylic acids is 1. The van der Waals surface area contributed by atoms with Crippen LogP contribution >= 0.6 is 0 Å². The van der Waals surface area contributed by atoms with Crippen molar-refractivity contribution in [1.82, 2.24) is 5.32 Å². The molecule has 0 fully saturated rings. The highest BCUT2D eigenvalue weighted by Crippen LogP contribution is 2.36. The zero-order valence-corrected chi connectivity index (χ0v) is 13.6. The van der Waals surface area contributed by atoms with E-state index in [9.17, 15) is 18.0 Å². The third-order valence-corrected chi connectivity index (χ3v) is 3.29. The molecule has 0 spiro atoms. The van der Waals surface area contributed by atoms with E-state index in [1.807, 2.05) is 0 Å². The summed E-state index contributed by atoms with van der Waals surface area (Å²) < 4.78 is 55.3. The number of ether oxygens (including phenoxy) is 3. The Morgan fingerprint density at radius 1 is 1.00 bits per heavy atom. The van der Waals surface area contributed by atoms with E-state index < -0.39 is 28.9 Å². The molecule has 0 bridgehead atoms. The van der Waals surface area contributed by atoms with Crippen LogP contribution in [-0.2, 0) is 0 Å². The second-order valence-electron chi connectivity index (χ2n) is 4.82. The molecule has 1 N–H and O–H groups in total. The Morgan fingerprint density at radius 3 is 2.40 bits per heavy atom. The molecule has 0 radical (unpaired) electrons. The SMILES string of the molecule is COc1cccc(OCCNC(=O)c2ccc(F)c(F)c2F)c1OC. The van der Waals surface area contributed by atoms with Crippen LogP contribution in [0.2, 0.25) is 0 Å². The van der Waals surface area contributed by atoms with E-state index in [0.717, 1.165) is 6.07 Å². The van der Waals surface area contributed by atoms with Gasteiger partial charge in [0.1, 0.15) is 6.61 Å². The molecule has 0 saturated heterocycles. The maximum absolute atomic E-state index is 13.5. The van der Waals surface area contributed by atoms with E-state index >= 15 is 0 Å². The summed E-state index contributed by atoms with van der Waals surface area (Å²) in [5.74, 6) is -4.19. The highest BCUT2D eigenvalue weighted by molar-refractivity contribution is 5.94. The van der Waals surface area contributed by atoms with Gasteiger partial charge in [0.15, 0.2) is 29.0 Å². The number of carbonyl (C=O) groups is 1. The van der Waals surface area contributed by atoms with Crippen molar-refractivity contribution in [3.8, 4) is 17.2 Å². The van der Waals surface area contributed by atoms with Crippen molar-refractivity contribution in [2.75, 3.05) is 27.4 Å². The quantitative estimate of drug-likeness (QED) is 0.613. The van der Waals surface area contributed by atoms with Gasteiger partial charge in [0.2, 0.25) is 5.75 Å². The maximum Gasteiger partial charge on any atom is 0.254 e. The molecular weight excluding hydrogens is 339 g/mol. The molecule has 0 aliphatic heterocycles. The zero-order chi connectivity index (χ0) is 18.4. The fourth-order valence-electron chi connectivity index (χ4n) is 2.09. The topological polar surface area (TPSA) is 56.8 Å². The van der Waals surface area contributed by atoms with E-state index in [0.29, 0.717) is 23.3 Å². The monoisotopic (exact) mass is 355 g/mol. The van der Waals surface area contributed by atoms with Crippen LogP contribution in [0.5, 0.6) is 17.2 Å². The minimum Gasteiger partial charge on any atom is -0.493 e. The van der Waals surface area contributed by atoms with Gasteiger partial charge in [-0.3, -0.25) is 4.79 Å². The second kappa shape index (κ2) is 8.27. The summed E-state index contributed by atoms with van der Waals surface area (Å²) in [5, 5.41) is 2.36. The summed E-state index contributed by atoms with van der Waals surface area (Å²) >= 11 is 0. The summed E-state index contributed by atoms with van der Waals surface area (Å²) in [6.07, 6.45) is 0. The Morgan fingerprint density at radius 2 is 1.72 bits per heavy atom. The van der Waals surface area contributed by atoms with Crippen LogP contribution in [-0.4, -0.2) is 33.3 Å². The Kier molecular flexibility index (Phi) is 6.10. The standard InChI is InChI=1S/C17H16F3NO4/c1-23-12-4-3-5-13(16(12)24-2)25-9-8-21-17(22)10-6-7-11(18)15(20)14(10)19/h3-7H,8-9H2,1-2H3,(H,21,22). The molecule has 134 valence electrons. The number of rotatable bonds is 7. The molecule has 1 amide bonds. The van der Waals surface area contributed by atoms with Gasteiger partial charge in [-0.1, -0.05) is 6.07 Å². The molecule has 8 heteroatoms. The third-order valence-electron chi connectivity index (χ3n) is 3.29. The molecule has 0 aliphatic rings. The number of nitrogens with one attached hydrogen (secondary N) is 1. The summed E-state index contributed by atoms with van der Waals surface area (Å²) in [6.45, 7) is 0.0538. The molecule has 2 aromatic rings. The summed E-state index contributed by atoms with van der Waals surface area (Å²) in [7, 11) is 2.94. The smallest absolute Gasteiger partial charge is 0.254 e. The van der Waals surface area contributed by atoms with E-state index in [2.05, 4.69) is 5.32 Å². The van der Waals surface area contributed by atoms with Gasteiger partial charge in [0.05, 0.1) is 26.3 Å². The first-order chi connectivity index (χ1) is 12.0. The number of hydrogen-bond acceptors (Lipinski definition) is 4. The lowest BCUT2D eigenvalue weighted by atomic mass is 10.2. The van der Waals surface area contributed by atoms with Gasteiger partial charge in [-0.2, -0.15) is 0 Å². The van der Waals surface area contributed by atoms with Crippen molar-refractivity contribution in [3.05, 3.63) is 53.3 Å². The van der Waals surface area contributed by atoms with Crippen molar-refractivity contribution in [2.24, 2.45) is 0 Å². The van der Waals surface area contributed by atoms with Crippen LogP contribution in [0.15, 0.2) is 30.3 Å². The maximum atomic E-state index is 13.5. The van der Waals surface area contributed by atoms with Crippen LogP contribution in [0.25, 0.3) is 0 Å². The van der Waals surface area contributed by atoms with Crippen molar-refractivity contribution in [2.45, 2.75) is 0 Å². The van der Waals surface area contributed by atoms with Gasteiger partial charge in [-0.25, -0.2) is 13.2 Å². The van der Waals surface area contributed by atoms with E-state index in [1.54, 1.807) is 18.2 Å². The summed E-state index contributed by atoms with van der Waals surface area (Å²) in [4.78, 5) is 11.8. The molecule has 2 rings (SSSR count). The van der Waals surface area contributed by atoms with Gasteiger partial charge >= 0.3 is 0 Å². The molecule has 0 aliphatic carbocycles. The molecule has 5 nitrogen and oxygen atoms in total. The third kappa shape index (κ3) is 4.14. The number of benzene rings is 2. The first-order valence-corrected chi connectivity index (χ1v) is 7.25. The normalized spacial score (nSPS) is 10.3. The van der Waals surface area contributed by atoms with Crippen LogP contribution in [0, 0.1) is 17.5 Å². The predicted molar refractivity (Wildman–Crippen MR) is 83.7 cm³/mol. The first-order valence-electron chi connectivity index (χ1n) is 7.25. The highest BCUT2D eigenvalue weighted by Gasteiger charge is 2.18. The Bertz CT molecular complexity index is 768. The number of amides is 1. The van der Waals surface area contributed by atoms with Gasteiger partial charge in [0, 0.05) is 0 Å². The van der Waals surface area contributed by atoms with Crippen LogP contribution < -0.4 is 19.5 Å². The molecule has 0 unspecified atom stereocenters. The Labute approximate surface area is 142 Å². The fraction of sp³-hybridized carbons (Fsp3) is 0.235.